The maximum absolute atomic E-state index is 10.0. The van der Waals surface area contributed by atoms with Gasteiger partial charge in [0.2, 0.25) is 0 Å². The van der Waals surface area contributed by atoms with Crippen molar-refractivity contribution in [1.29, 1.82) is 0 Å². The second-order valence-corrected chi connectivity index (χ2v) is 3.56. The number of unbranched alkanes of at least 4 members (excludes halogenated alkanes) is 4. The van der Waals surface area contributed by atoms with Crippen LogP contribution in [0.1, 0.15) is 32.6 Å². The van der Waals surface area contributed by atoms with Gasteiger partial charge in [0, 0.05) is 0 Å². The van der Waals surface area contributed by atoms with Crippen LogP contribution < -0.4 is 0 Å². The normalized spacial score (nSPS) is 11.8. The van der Waals surface area contributed by atoms with Gasteiger partial charge in [0.15, 0.2) is 0 Å². The molecule has 0 aliphatic rings. The fourth-order valence-electron chi connectivity index (χ4n) is 0.740. The maximum atomic E-state index is 10.0. The Balaban J connectivity index is 3.12. The van der Waals surface area contributed by atoms with Crippen molar-refractivity contribution in [3.63, 3.8) is 0 Å². The molecule has 1 radical (unpaired) electrons. The summed E-state index contributed by atoms with van der Waals surface area (Å²) in [7, 11) is -4.23. The molecule has 0 aromatic carbocycles. The van der Waals surface area contributed by atoms with Crippen LogP contribution in [0.15, 0.2) is 0 Å². The van der Waals surface area contributed by atoms with Crippen LogP contribution in [0.25, 0.3) is 0 Å². The van der Waals surface area contributed by atoms with Gasteiger partial charge in [-0.15, -0.1) is 0 Å². The first-order chi connectivity index (χ1) is 5.56. The van der Waals surface area contributed by atoms with E-state index in [2.05, 4.69) is 17.5 Å². The van der Waals surface area contributed by atoms with Crippen LogP contribution in [0.4, 0.5) is 0 Å². The van der Waals surface area contributed by atoms with Gasteiger partial charge in [-0.2, -0.15) is 8.42 Å². The predicted octanol–water partition coefficient (Wildman–Crippen LogP) is 1.59. The summed E-state index contributed by atoms with van der Waals surface area (Å²) in [5.74, 6) is 0. The molecule has 0 aromatic rings. The lowest BCUT2D eigenvalue weighted by Crippen LogP contribution is -2.04. The molecule has 4 nitrogen and oxygen atoms in total. The Morgan fingerprint density at radius 2 is 2.08 bits per heavy atom. The van der Waals surface area contributed by atoms with Gasteiger partial charge in [-0.3, -0.25) is 4.55 Å². The minimum atomic E-state index is -4.23. The fourth-order valence-corrected chi connectivity index (χ4v) is 1.07. The van der Waals surface area contributed by atoms with Gasteiger partial charge < -0.3 is 0 Å². The Hall–Kier alpha value is -0.130. The van der Waals surface area contributed by atoms with Gasteiger partial charge in [0.25, 0.3) is 0 Å². The highest BCUT2D eigenvalue weighted by molar-refractivity contribution is 7.80. The molecular formula is C7H15O4S. The van der Waals surface area contributed by atoms with Crippen molar-refractivity contribution in [2.45, 2.75) is 32.6 Å². The molecule has 0 aromatic heterocycles. The molecule has 5 heteroatoms. The molecule has 0 heterocycles. The van der Waals surface area contributed by atoms with E-state index in [1.807, 2.05) is 0 Å². The molecule has 0 aliphatic carbocycles. The van der Waals surface area contributed by atoms with Gasteiger partial charge in [0.05, 0.1) is 6.61 Å². The maximum Gasteiger partial charge on any atom is 0.397 e. The van der Waals surface area contributed by atoms with Crippen molar-refractivity contribution in [2.75, 3.05) is 6.61 Å². The Bertz CT molecular complexity index is 186. The van der Waals surface area contributed by atoms with Crippen LogP contribution in [0.5, 0.6) is 0 Å². The molecule has 0 spiro atoms. The summed E-state index contributed by atoms with van der Waals surface area (Å²) in [4.78, 5) is 0. The van der Waals surface area contributed by atoms with Gasteiger partial charge in [-0.1, -0.05) is 19.8 Å². The molecule has 0 bridgehead atoms. The van der Waals surface area contributed by atoms with Crippen molar-refractivity contribution in [3.05, 3.63) is 6.42 Å². The molecule has 1 N–H and O–H groups in total. The highest BCUT2D eigenvalue weighted by Gasteiger charge is 2.02. The Morgan fingerprint density at radius 3 is 2.58 bits per heavy atom. The zero-order valence-corrected chi connectivity index (χ0v) is 8.01. The van der Waals surface area contributed by atoms with E-state index in [0.29, 0.717) is 6.42 Å². The van der Waals surface area contributed by atoms with Crippen molar-refractivity contribution in [1.82, 2.24) is 0 Å². The quantitative estimate of drug-likeness (QED) is 0.495. The van der Waals surface area contributed by atoms with Crippen LogP contribution >= 0.6 is 0 Å². The minimum absolute atomic E-state index is 0.0546. The van der Waals surface area contributed by atoms with E-state index in [-0.39, 0.29) is 6.61 Å². The fraction of sp³-hybridized carbons (Fsp3) is 0.857. The zero-order chi connectivity index (χ0) is 9.45. The van der Waals surface area contributed by atoms with E-state index >= 15 is 0 Å². The van der Waals surface area contributed by atoms with Gasteiger partial charge in [-0.05, 0) is 19.3 Å². The smallest absolute Gasteiger partial charge is 0.264 e. The monoisotopic (exact) mass is 195 g/mol. The Morgan fingerprint density at radius 1 is 1.42 bits per heavy atom. The lowest BCUT2D eigenvalue weighted by molar-refractivity contribution is 0.264. The first-order valence-corrected chi connectivity index (χ1v) is 5.36. The third-order valence-electron chi connectivity index (χ3n) is 1.28. The molecule has 0 atom stereocenters. The summed E-state index contributed by atoms with van der Waals surface area (Å²) in [5, 5.41) is 0. The van der Waals surface area contributed by atoms with Crippen LogP contribution in [0.2, 0.25) is 0 Å². The lowest BCUT2D eigenvalue weighted by atomic mass is 10.2. The van der Waals surface area contributed by atoms with E-state index < -0.39 is 10.4 Å². The molecule has 0 fully saturated rings. The molecule has 0 aliphatic heterocycles. The van der Waals surface area contributed by atoms with Gasteiger partial charge in [-0.25, -0.2) is 4.18 Å². The Labute approximate surface area is 73.9 Å². The van der Waals surface area contributed by atoms with E-state index in [4.69, 9.17) is 4.55 Å². The molecular weight excluding hydrogens is 180 g/mol. The number of rotatable bonds is 7. The zero-order valence-electron chi connectivity index (χ0n) is 7.19. The highest BCUT2D eigenvalue weighted by Crippen LogP contribution is 2.01. The second-order valence-electron chi connectivity index (χ2n) is 2.47. The van der Waals surface area contributed by atoms with Crippen molar-refractivity contribution in [2.24, 2.45) is 0 Å². The van der Waals surface area contributed by atoms with Gasteiger partial charge in [0.1, 0.15) is 0 Å². The number of hydrogen-bond donors (Lipinski definition) is 1. The summed E-state index contributed by atoms with van der Waals surface area (Å²) >= 11 is 0. The standard InChI is InChI=1S/C7H15O4S/c1-2-3-4-5-6-7-11-12(8,9)10/h4H,2-3,5-7H2,1H3,(H,8,9,10). The van der Waals surface area contributed by atoms with Crippen molar-refractivity contribution < 1.29 is 17.2 Å². The van der Waals surface area contributed by atoms with Crippen molar-refractivity contribution >= 4 is 10.4 Å². The summed E-state index contributed by atoms with van der Waals surface area (Å²) in [5.41, 5.74) is 0. The van der Waals surface area contributed by atoms with Crippen LogP contribution in [0.3, 0.4) is 0 Å². The summed E-state index contributed by atoms with van der Waals surface area (Å²) < 4.78 is 32.4. The minimum Gasteiger partial charge on any atom is -0.264 e. The average molecular weight is 195 g/mol. The van der Waals surface area contributed by atoms with Crippen LogP contribution in [-0.4, -0.2) is 19.6 Å². The first kappa shape index (κ1) is 11.9. The van der Waals surface area contributed by atoms with Gasteiger partial charge >= 0.3 is 10.4 Å². The molecule has 0 rings (SSSR count). The molecule has 0 saturated carbocycles. The highest BCUT2D eigenvalue weighted by atomic mass is 32.3. The summed E-state index contributed by atoms with van der Waals surface area (Å²) in [6, 6.07) is 0. The lowest BCUT2D eigenvalue weighted by Gasteiger charge is -1.99. The first-order valence-electron chi connectivity index (χ1n) is 3.99. The summed E-state index contributed by atoms with van der Waals surface area (Å²) in [6.45, 7) is 2.13. The van der Waals surface area contributed by atoms with E-state index in [0.717, 1.165) is 19.3 Å². The molecule has 0 amide bonds. The van der Waals surface area contributed by atoms with E-state index in [1.54, 1.807) is 0 Å². The molecule has 12 heavy (non-hydrogen) atoms. The molecule has 0 unspecified atom stereocenters. The molecule has 73 valence electrons. The summed E-state index contributed by atoms with van der Waals surface area (Å²) in [6.07, 6.45) is 5.65. The number of hydrogen-bond acceptors (Lipinski definition) is 3. The Kier molecular flexibility index (Phi) is 6.32. The van der Waals surface area contributed by atoms with E-state index in [9.17, 15) is 8.42 Å². The van der Waals surface area contributed by atoms with E-state index in [1.165, 1.54) is 0 Å². The topological polar surface area (TPSA) is 63.6 Å². The average Bonchev–Trinajstić information content (AvgIpc) is 1.94. The second kappa shape index (κ2) is 6.39. The SMILES string of the molecule is CCC[CH]CCCOS(=O)(=O)O. The van der Waals surface area contributed by atoms with Crippen LogP contribution in [-0.2, 0) is 14.6 Å². The largest absolute Gasteiger partial charge is 0.397 e. The third kappa shape index (κ3) is 9.87. The van der Waals surface area contributed by atoms with Crippen molar-refractivity contribution in [3.8, 4) is 0 Å². The molecule has 0 saturated heterocycles. The van der Waals surface area contributed by atoms with Crippen LogP contribution in [0, 0.1) is 6.42 Å². The third-order valence-corrected chi connectivity index (χ3v) is 1.74. The predicted molar refractivity (Wildman–Crippen MR) is 45.9 cm³/mol.